The Balaban J connectivity index is 2.17. The minimum Gasteiger partial charge on any atom is -0.373 e. The Morgan fingerprint density at radius 3 is 2.63 bits per heavy atom. The van der Waals surface area contributed by atoms with Crippen LogP contribution in [0.2, 0.25) is 0 Å². The minimum atomic E-state index is -3.64. The highest BCUT2D eigenvalue weighted by Gasteiger charge is 2.20. The molecule has 0 bridgehead atoms. The van der Waals surface area contributed by atoms with Crippen LogP contribution in [-0.4, -0.2) is 35.6 Å². The molecule has 2 aromatic heterocycles. The Morgan fingerprint density at radius 1 is 1.32 bits per heavy atom. The van der Waals surface area contributed by atoms with Crippen LogP contribution in [0.5, 0.6) is 0 Å². The van der Waals surface area contributed by atoms with Crippen LogP contribution < -0.4 is 10.0 Å². The summed E-state index contributed by atoms with van der Waals surface area (Å²) >= 11 is 0. The zero-order chi connectivity index (χ0) is 13.9. The Labute approximate surface area is 110 Å². The first-order valence-electron chi connectivity index (χ1n) is 5.54. The average molecular weight is 282 g/mol. The van der Waals surface area contributed by atoms with Gasteiger partial charge in [0.1, 0.15) is 22.9 Å². The van der Waals surface area contributed by atoms with Gasteiger partial charge in [0.05, 0.1) is 6.04 Å². The number of H-pyrrole nitrogens is 1. The van der Waals surface area contributed by atoms with E-state index in [0.29, 0.717) is 11.6 Å². The first-order chi connectivity index (χ1) is 9.03. The first-order valence-corrected chi connectivity index (χ1v) is 7.02. The fourth-order valence-corrected chi connectivity index (χ4v) is 2.62. The van der Waals surface area contributed by atoms with Gasteiger partial charge in [0.15, 0.2) is 0 Å². The number of nitrogens with one attached hydrogen (secondary N) is 3. The van der Waals surface area contributed by atoms with Crippen LogP contribution in [0.25, 0.3) is 0 Å². The van der Waals surface area contributed by atoms with E-state index in [4.69, 9.17) is 0 Å². The van der Waals surface area contributed by atoms with Crippen LogP contribution in [0.15, 0.2) is 29.6 Å². The molecule has 2 aromatic rings. The predicted molar refractivity (Wildman–Crippen MR) is 68.9 cm³/mol. The van der Waals surface area contributed by atoms with E-state index >= 15 is 0 Å². The van der Waals surface area contributed by atoms with Gasteiger partial charge in [0, 0.05) is 13.2 Å². The van der Waals surface area contributed by atoms with Crippen molar-refractivity contribution in [3.63, 3.8) is 0 Å². The number of aromatic nitrogens is 4. The molecule has 1 atom stereocenters. The van der Waals surface area contributed by atoms with Crippen molar-refractivity contribution in [2.45, 2.75) is 17.9 Å². The normalized spacial score (nSPS) is 13.2. The van der Waals surface area contributed by atoms with Gasteiger partial charge >= 0.3 is 0 Å². The molecule has 1 unspecified atom stereocenters. The molecule has 0 spiro atoms. The lowest BCUT2D eigenvalue weighted by molar-refractivity contribution is 0.560. The summed E-state index contributed by atoms with van der Waals surface area (Å²) in [5.74, 6) is 1.05. The van der Waals surface area contributed by atoms with Crippen LogP contribution in [0.3, 0.4) is 0 Å². The summed E-state index contributed by atoms with van der Waals surface area (Å²) in [6, 6.07) is 2.57. The molecular weight excluding hydrogens is 268 g/mol. The number of aromatic amines is 1. The largest absolute Gasteiger partial charge is 0.373 e. The third-order valence-corrected chi connectivity index (χ3v) is 4.00. The van der Waals surface area contributed by atoms with Crippen LogP contribution >= 0.6 is 0 Å². The van der Waals surface area contributed by atoms with E-state index in [0.717, 1.165) is 0 Å². The maximum atomic E-state index is 12.1. The minimum absolute atomic E-state index is 0.0952. The van der Waals surface area contributed by atoms with Crippen molar-refractivity contribution in [2.24, 2.45) is 0 Å². The quantitative estimate of drug-likeness (QED) is 0.726. The van der Waals surface area contributed by atoms with Gasteiger partial charge in [-0.1, -0.05) is 0 Å². The van der Waals surface area contributed by atoms with E-state index in [2.05, 4.69) is 30.2 Å². The summed E-state index contributed by atoms with van der Waals surface area (Å²) in [6.45, 7) is 1.67. The molecule has 102 valence electrons. The van der Waals surface area contributed by atoms with Crippen LogP contribution in [0, 0.1) is 0 Å². The smallest absolute Gasteiger partial charge is 0.242 e. The second-order valence-electron chi connectivity index (χ2n) is 3.84. The second-order valence-corrected chi connectivity index (χ2v) is 5.56. The number of hydrogen-bond donors (Lipinski definition) is 3. The zero-order valence-corrected chi connectivity index (χ0v) is 11.3. The summed E-state index contributed by atoms with van der Waals surface area (Å²) < 4.78 is 26.7. The van der Waals surface area contributed by atoms with Gasteiger partial charge in [-0.2, -0.15) is 5.10 Å². The van der Waals surface area contributed by atoms with E-state index in [-0.39, 0.29) is 4.90 Å². The number of rotatable bonds is 5. The summed E-state index contributed by atoms with van der Waals surface area (Å²) in [4.78, 5) is 7.96. The van der Waals surface area contributed by atoms with Crippen molar-refractivity contribution in [3.8, 4) is 0 Å². The fourth-order valence-electron chi connectivity index (χ4n) is 1.47. The second kappa shape index (κ2) is 5.33. The van der Waals surface area contributed by atoms with Crippen molar-refractivity contribution < 1.29 is 8.42 Å². The molecule has 19 heavy (non-hydrogen) atoms. The molecule has 0 aliphatic carbocycles. The summed E-state index contributed by atoms with van der Waals surface area (Å²) in [5.41, 5.74) is 0. The van der Waals surface area contributed by atoms with E-state index in [1.807, 2.05) is 0 Å². The lowest BCUT2D eigenvalue weighted by atomic mass is 10.3. The Morgan fingerprint density at radius 2 is 2.11 bits per heavy atom. The van der Waals surface area contributed by atoms with Crippen LogP contribution in [0.1, 0.15) is 18.8 Å². The highest BCUT2D eigenvalue weighted by molar-refractivity contribution is 7.89. The topological polar surface area (TPSA) is 113 Å². The number of hydrogen-bond acceptors (Lipinski definition) is 6. The van der Waals surface area contributed by atoms with Crippen molar-refractivity contribution in [2.75, 3.05) is 12.4 Å². The SMILES string of the molecule is CNc1ccc(S(=O)(=O)NC(C)c2ncn[nH]2)cn1. The van der Waals surface area contributed by atoms with Gasteiger partial charge in [0.25, 0.3) is 0 Å². The van der Waals surface area contributed by atoms with Crippen molar-refractivity contribution in [3.05, 3.63) is 30.5 Å². The average Bonchev–Trinajstić information content (AvgIpc) is 2.92. The lowest BCUT2D eigenvalue weighted by Crippen LogP contribution is -2.27. The summed E-state index contributed by atoms with van der Waals surface area (Å²) in [6.07, 6.45) is 2.62. The van der Waals surface area contributed by atoms with Crippen molar-refractivity contribution >= 4 is 15.8 Å². The lowest BCUT2D eigenvalue weighted by Gasteiger charge is -2.11. The molecule has 0 saturated carbocycles. The van der Waals surface area contributed by atoms with Gasteiger partial charge in [-0.05, 0) is 19.1 Å². The van der Waals surface area contributed by atoms with Gasteiger partial charge < -0.3 is 5.32 Å². The molecular formula is C10H14N6O2S. The van der Waals surface area contributed by atoms with Crippen LogP contribution in [-0.2, 0) is 10.0 Å². The maximum absolute atomic E-state index is 12.1. The molecule has 2 rings (SSSR count). The van der Waals surface area contributed by atoms with Gasteiger partial charge in [-0.25, -0.2) is 23.1 Å². The van der Waals surface area contributed by atoms with Crippen LogP contribution in [0.4, 0.5) is 5.82 Å². The van der Waals surface area contributed by atoms with E-state index in [9.17, 15) is 8.42 Å². The number of sulfonamides is 1. The molecule has 0 amide bonds. The third kappa shape index (κ3) is 3.06. The predicted octanol–water partition coefficient (Wildman–Crippen LogP) is 0.281. The highest BCUT2D eigenvalue weighted by Crippen LogP contribution is 2.14. The number of pyridine rings is 1. The Bertz CT molecular complexity index is 623. The van der Waals surface area contributed by atoms with Gasteiger partial charge in [-0.15, -0.1) is 0 Å². The molecule has 2 heterocycles. The van der Waals surface area contributed by atoms with E-state index in [1.165, 1.54) is 18.6 Å². The standard InChI is InChI=1S/C10H14N6O2S/c1-7(10-13-6-14-15-10)16-19(17,18)8-3-4-9(11-2)12-5-8/h3-7,16H,1-2H3,(H,11,12)(H,13,14,15). The molecule has 0 aromatic carbocycles. The van der Waals surface area contributed by atoms with E-state index < -0.39 is 16.1 Å². The Kier molecular flexibility index (Phi) is 3.76. The van der Waals surface area contributed by atoms with Gasteiger partial charge in [0.2, 0.25) is 10.0 Å². The molecule has 0 fully saturated rings. The molecule has 0 radical (unpaired) electrons. The fraction of sp³-hybridized carbons (Fsp3) is 0.300. The highest BCUT2D eigenvalue weighted by atomic mass is 32.2. The molecule has 3 N–H and O–H groups in total. The van der Waals surface area contributed by atoms with Gasteiger partial charge in [-0.3, -0.25) is 5.10 Å². The third-order valence-electron chi connectivity index (χ3n) is 2.48. The monoisotopic (exact) mass is 282 g/mol. The first kappa shape index (κ1) is 13.4. The van der Waals surface area contributed by atoms with E-state index in [1.54, 1.807) is 20.0 Å². The molecule has 8 nitrogen and oxygen atoms in total. The zero-order valence-electron chi connectivity index (χ0n) is 10.5. The Hall–Kier alpha value is -2.00. The molecule has 0 aliphatic heterocycles. The number of nitrogens with zero attached hydrogens (tertiary/aromatic N) is 3. The van der Waals surface area contributed by atoms with Crippen molar-refractivity contribution in [1.29, 1.82) is 0 Å². The maximum Gasteiger partial charge on any atom is 0.242 e. The summed E-state index contributed by atoms with van der Waals surface area (Å²) in [7, 11) is -1.93. The molecule has 0 saturated heterocycles. The van der Waals surface area contributed by atoms with Crippen molar-refractivity contribution in [1.82, 2.24) is 24.9 Å². The molecule has 0 aliphatic rings. The summed E-state index contributed by atoms with van der Waals surface area (Å²) in [5, 5.41) is 9.11. The number of anilines is 1. The molecule has 9 heteroatoms.